The topological polar surface area (TPSA) is 62.4 Å². The first kappa shape index (κ1) is 19.3. The number of halogens is 1. The number of methoxy groups -OCH3 is 1. The van der Waals surface area contributed by atoms with Crippen molar-refractivity contribution in [3.8, 4) is 5.75 Å². The fraction of sp³-hybridized carbons (Fsp3) is 0.0476. The van der Waals surface area contributed by atoms with E-state index >= 15 is 0 Å². The molecule has 0 radical (unpaired) electrons. The van der Waals surface area contributed by atoms with Gasteiger partial charge >= 0.3 is 0 Å². The Balaban J connectivity index is 1.56. The van der Waals surface area contributed by atoms with E-state index in [0.717, 1.165) is 11.4 Å². The summed E-state index contributed by atoms with van der Waals surface area (Å²) in [5.41, 5.74) is 2.59. The molecule has 0 atom stereocenters. The summed E-state index contributed by atoms with van der Waals surface area (Å²) in [4.78, 5) is 12.3. The highest BCUT2D eigenvalue weighted by molar-refractivity contribution is 7.80. The number of nitrogens with one attached hydrogen (secondary N) is 3. The predicted molar refractivity (Wildman–Crippen MR) is 114 cm³/mol. The average molecular weight is 395 g/mol. The largest absolute Gasteiger partial charge is 0.497 e. The fourth-order valence-corrected chi connectivity index (χ4v) is 2.64. The van der Waals surface area contributed by atoms with Crippen LogP contribution in [0, 0.1) is 5.82 Å². The molecule has 3 rings (SSSR count). The number of thiocarbonyl (C=S) groups is 1. The summed E-state index contributed by atoms with van der Waals surface area (Å²) in [7, 11) is 1.59. The number of carbonyl (C=O) groups excluding carboxylic acids is 1. The van der Waals surface area contributed by atoms with E-state index in [2.05, 4.69) is 16.0 Å². The summed E-state index contributed by atoms with van der Waals surface area (Å²) in [6.07, 6.45) is 0. The van der Waals surface area contributed by atoms with Gasteiger partial charge in [0.1, 0.15) is 11.6 Å². The van der Waals surface area contributed by atoms with E-state index in [4.69, 9.17) is 17.0 Å². The van der Waals surface area contributed by atoms with Gasteiger partial charge in [-0.25, -0.2) is 4.39 Å². The smallest absolute Gasteiger partial charge is 0.255 e. The van der Waals surface area contributed by atoms with Crippen LogP contribution in [0.5, 0.6) is 5.75 Å². The number of rotatable bonds is 5. The lowest BCUT2D eigenvalue weighted by molar-refractivity contribution is 0.102. The SMILES string of the molecule is COc1ccc(NC(=O)c2ccc(NC(=S)Nc3ccc(F)cc3)cc2)cc1. The lowest BCUT2D eigenvalue weighted by atomic mass is 10.2. The third-order valence-electron chi connectivity index (χ3n) is 3.85. The standard InChI is InChI=1S/C21H18FN3O2S/c1-27-19-12-10-16(11-13-19)23-20(26)14-2-6-17(7-3-14)24-21(28)25-18-8-4-15(22)5-9-18/h2-13H,1H3,(H,23,26)(H2,24,25,28). The summed E-state index contributed by atoms with van der Waals surface area (Å²) < 4.78 is 18.0. The predicted octanol–water partition coefficient (Wildman–Crippen LogP) is 4.90. The third kappa shape index (κ3) is 5.28. The first-order chi connectivity index (χ1) is 13.5. The molecule has 5 nitrogen and oxygen atoms in total. The van der Waals surface area contributed by atoms with Crippen LogP contribution < -0.4 is 20.7 Å². The molecule has 0 unspecified atom stereocenters. The van der Waals surface area contributed by atoms with Crippen molar-refractivity contribution in [2.75, 3.05) is 23.1 Å². The van der Waals surface area contributed by atoms with Crippen LogP contribution in [-0.4, -0.2) is 18.1 Å². The van der Waals surface area contributed by atoms with Crippen molar-refractivity contribution in [1.82, 2.24) is 0 Å². The molecule has 142 valence electrons. The van der Waals surface area contributed by atoms with E-state index in [1.54, 1.807) is 67.8 Å². The number of hydrogen-bond donors (Lipinski definition) is 3. The molecule has 0 heterocycles. The van der Waals surface area contributed by atoms with Crippen LogP contribution in [0.2, 0.25) is 0 Å². The zero-order valence-corrected chi connectivity index (χ0v) is 15.8. The molecular formula is C21H18FN3O2S. The molecule has 1 amide bonds. The van der Waals surface area contributed by atoms with E-state index in [9.17, 15) is 9.18 Å². The molecule has 0 spiro atoms. The summed E-state index contributed by atoms with van der Waals surface area (Å²) >= 11 is 5.24. The van der Waals surface area contributed by atoms with Gasteiger partial charge in [-0.3, -0.25) is 4.79 Å². The number of amides is 1. The zero-order valence-electron chi connectivity index (χ0n) is 15.0. The first-order valence-corrected chi connectivity index (χ1v) is 8.83. The molecule has 0 aliphatic heterocycles. The van der Waals surface area contributed by atoms with Crippen LogP contribution in [-0.2, 0) is 0 Å². The van der Waals surface area contributed by atoms with E-state index in [1.807, 2.05) is 0 Å². The van der Waals surface area contributed by atoms with E-state index in [1.165, 1.54) is 12.1 Å². The molecule has 28 heavy (non-hydrogen) atoms. The van der Waals surface area contributed by atoms with Crippen molar-refractivity contribution in [2.45, 2.75) is 0 Å². The highest BCUT2D eigenvalue weighted by atomic mass is 32.1. The summed E-state index contributed by atoms with van der Waals surface area (Å²) in [5, 5.41) is 9.16. The van der Waals surface area contributed by atoms with E-state index in [0.29, 0.717) is 22.1 Å². The molecular weight excluding hydrogens is 377 g/mol. The van der Waals surface area contributed by atoms with E-state index in [-0.39, 0.29) is 11.7 Å². The van der Waals surface area contributed by atoms with Crippen LogP contribution >= 0.6 is 12.2 Å². The van der Waals surface area contributed by atoms with Gasteiger partial charge in [0, 0.05) is 22.6 Å². The van der Waals surface area contributed by atoms with Crippen LogP contribution in [0.4, 0.5) is 21.5 Å². The maximum Gasteiger partial charge on any atom is 0.255 e. The minimum atomic E-state index is -0.312. The average Bonchev–Trinajstić information content (AvgIpc) is 2.71. The van der Waals surface area contributed by atoms with Crippen molar-refractivity contribution in [1.29, 1.82) is 0 Å². The molecule has 0 fully saturated rings. The monoisotopic (exact) mass is 395 g/mol. The normalized spacial score (nSPS) is 10.1. The van der Waals surface area contributed by atoms with Crippen LogP contribution in [0.15, 0.2) is 72.8 Å². The minimum Gasteiger partial charge on any atom is -0.497 e. The van der Waals surface area contributed by atoms with Gasteiger partial charge in [0.25, 0.3) is 5.91 Å². The van der Waals surface area contributed by atoms with Crippen molar-refractivity contribution in [3.63, 3.8) is 0 Å². The van der Waals surface area contributed by atoms with Gasteiger partial charge in [-0.2, -0.15) is 0 Å². The number of hydrogen-bond acceptors (Lipinski definition) is 3. The van der Waals surface area contributed by atoms with Crippen molar-refractivity contribution in [3.05, 3.63) is 84.2 Å². The Hall–Kier alpha value is -3.45. The maximum absolute atomic E-state index is 12.9. The van der Waals surface area contributed by atoms with Crippen molar-refractivity contribution in [2.24, 2.45) is 0 Å². The van der Waals surface area contributed by atoms with E-state index < -0.39 is 0 Å². The van der Waals surface area contributed by atoms with Gasteiger partial charge in [-0.05, 0) is 85.0 Å². The first-order valence-electron chi connectivity index (χ1n) is 8.42. The summed E-state index contributed by atoms with van der Waals surface area (Å²) in [5.74, 6) is 0.190. The summed E-state index contributed by atoms with van der Waals surface area (Å²) in [6, 6.07) is 19.9. The van der Waals surface area contributed by atoms with Gasteiger partial charge in [-0.15, -0.1) is 0 Å². The maximum atomic E-state index is 12.9. The summed E-state index contributed by atoms with van der Waals surface area (Å²) in [6.45, 7) is 0. The van der Waals surface area contributed by atoms with Gasteiger partial charge in [0.15, 0.2) is 5.11 Å². The Kier molecular flexibility index (Phi) is 6.18. The van der Waals surface area contributed by atoms with Gasteiger partial charge in [-0.1, -0.05) is 0 Å². The molecule has 0 aliphatic carbocycles. The van der Waals surface area contributed by atoms with Crippen LogP contribution in [0.3, 0.4) is 0 Å². The van der Waals surface area contributed by atoms with Gasteiger partial charge < -0.3 is 20.7 Å². The highest BCUT2D eigenvalue weighted by Gasteiger charge is 2.07. The lowest BCUT2D eigenvalue weighted by Crippen LogP contribution is -2.19. The van der Waals surface area contributed by atoms with Crippen LogP contribution in [0.1, 0.15) is 10.4 Å². The quantitative estimate of drug-likeness (QED) is 0.537. The number of anilines is 3. The Morgan fingerprint density at radius 2 is 1.25 bits per heavy atom. The molecule has 3 aromatic carbocycles. The Bertz CT molecular complexity index is 958. The molecule has 0 bridgehead atoms. The van der Waals surface area contributed by atoms with Crippen molar-refractivity contribution < 1.29 is 13.9 Å². The second-order valence-corrected chi connectivity index (χ2v) is 6.25. The lowest BCUT2D eigenvalue weighted by Gasteiger charge is -2.11. The molecule has 0 saturated heterocycles. The molecule has 3 N–H and O–H groups in total. The van der Waals surface area contributed by atoms with Crippen LogP contribution in [0.25, 0.3) is 0 Å². The van der Waals surface area contributed by atoms with Gasteiger partial charge in [0.2, 0.25) is 0 Å². The molecule has 0 aromatic heterocycles. The van der Waals surface area contributed by atoms with Crippen molar-refractivity contribution >= 4 is 40.3 Å². The van der Waals surface area contributed by atoms with Gasteiger partial charge in [0.05, 0.1) is 7.11 Å². The molecule has 7 heteroatoms. The minimum absolute atomic E-state index is 0.219. The second kappa shape index (κ2) is 8.96. The second-order valence-electron chi connectivity index (χ2n) is 5.85. The Labute approximate surface area is 167 Å². The zero-order chi connectivity index (χ0) is 19.9. The molecule has 0 aliphatic rings. The Morgan fingerprint density at radius 1 is 0.786 bits per heavy atom. The molecule has 3 aromatic rings. The third-order valence-corrected chi connectivity index (χ3v) is 4.06. The highest BCUT2D eigenvalue weighted by Crippen LogP contribution is 2.17. The molecule has 0 saturated carbocycles. The number of carbonyl (C=O) groups is 1. The fourth-order valence-electron chi connectivity index (χ4n) is 2.41. The Morgan fingerprint density at radius 3 is 1.79 bits per heavy atom. The number of benzene rings is 3. The number of ether oxygens (including phenoxy) is 1.